The molecule has 7 heteroatoms. The number of amides is 1. The number of hydrogen-bond acceptors (Lipinski definition) is 5. The highest BCUT2D eigenvalue weighted by Crippen LogP contribution is 2.32. The molecule has 0 aliphatic rings. The van der Waals surface area contributed by atoms with Crippen molar-refractivity contribution in [3.05, 3.63) is 106 Å². The van der Waals surface area contributed by atoms with Crippen LogP contribution in [0.3, 0.4) is 0 Å². The van der Waals surface area contributed by atoms with Gasteiger partial charge in [0, 0.05) is 0 Å². The van der Waals surface area contributed by atoms with Crippen molar-refractivity contribution >= 4 is 44.8 Å². The number of esters is 1. The van der Waals surface area contributed by atoms with Crippen LogP contribution in [0.2, 0.25) is 0 Å². The first-order valence-electron chi connectivity index (χ1n) is 10.5. The highest BCUT2D eigenvalue weighted by Gasteiger charge is 2.11. The van der Waals surface area contributed by atoms with Crippen LogP contribution in [0, 0.1) is 6.92 Å². The van der Waals surface area contributed by atoms with Crippen molar-refractivity contribution < 1.29 is 19.1 Å². The molecule has 0 aliphatic carbocycles. The summed E-state index contributed by atoms with van der Waals surface area (Å²) in [4.78, 5) is 24.4. The molecule has 4 aromatic carbocycles. The molecule has 0 unspecified atom stereocenters. The molecular weight excluding hydrogens is 496 g/mol. The van der Waals surface area contributed by atoms with E-state index in [-0.39, 0.29) is 12.5 Å². The van der Waals surface area contributed by atoms with Gasteiger partial charge in [0.2, 0.25) is 0 Å². The van der Waals surface area contributed by atoms with Crippen LogP contribution in [-0.4, -0.2) is 24.7 Å². The normalized spacial score (nSPS) is 10.9. The molecule has 0 bridgehead atoms. The minimum absolute atomic E-state index is 0.178. The van der Waals surface area contributed by atoms with Crippen LogP contribution in [-0.2, 0) is 4.79 Å². The number of carbonyl (C=O) groups is 2. The molecule has 0 radical (unpaired) electrons. The maximum absolute atomic E-state index is 12.3. The van der Waals surface area contributed by atoms with Crippen LogP contribution in [0.1, 0.15) is 21.5 Å². The molecule has 0 spiro atoms. The number of carbonyl (C=O) groups excluding carboxylic acids is 2. The van der Waals surface area contributed by atoms with Gasteiger partial charge in [-0.25, -0.2) is 10.2 Å². The molecule has 0 aromatic heterocycles. The van der Waals surface area contributed by atoms with Crippen molar-refractivity contribution in [3.63, 3.8) is 0 Å². The van der Waals surface area contributed by atoms with Crippen molar-refractivity contribution in [2.45, 2.75) is 6.92 Å². The molecule has 34 heavy (non-hydrogen) atoms. The third-order valence-corrected chi connectivity index (χ3v) is 5.86. The number of hydrogen-bond donors (Lipinski definition) is 1. The fraction of sp³-hybridized carbons (Fsp3) is 0.0741. The van der Waals surface area contributed by atoms with Crippen LogP contribution in [0.25, 0.3) is 10.8 Å². The minimum Gasteiger partial charge on any atom is -0.483 e. The number of aryl methyl sites for hydroxylation is 1. The van der Waals surface area contributed by atoms with Gasteiger partial charge >= 0.3 is 5.97 Å². The van der Waals surface area contributed by atoms with Gasteiger partial charge in [-0.3, -0.25) is 4.79 Å². The average Bonchev–Trinajstić information content (AvgIpc) is 2.85. The number of nitrogens with one attached hydrogen (secondary N) is 1. The van der Waals surface area contributed by atoms with Gasteiger partial charge in [0.25, 0.3) is 5.91 Å². The summed E-state index contributed by atoms with van der Waals surface area (Å²) in [5, 5.41) is 6.03. The number of nitrogens with zero attached hydrogens (tertiary/aromatic N) is 1. The first-order valence-corrected chi connectivity index (χ1v) is 11.3. The summed E-state index contributed by atoms with van der Waals surface area (Å²) in [5.41, 5.74) is 4.54. The Labute approximate surface area is 205 Å². The van der Waals surface area contributed by atoms with E-state index in [1.54, 1.807) is 36.4 Å². The van der Waals surface area contributed by atoms with E-state index in [4.69, 9.17) is 9.47 Å². The smallest absolute Gasteiger partial charge is 0.343 e. The molecule has 0 saturated carbocycles. The second-order valence-electron chi connectivity index (χ2n) is 7.45. The van der Waals surface area contributed by atoms with Crippen LogP contribution in [0.5, 0.6) is 11.5 Å². The molecule has 0 aliphatic heterocycles. The predicted octanol–water partition coefficient (Wildman–Crippen LogP) is 5.66. The van der Waals surface area contributed by atoms with E-state index >= 15 is 0 Å². The van der Waals surface area contributed by atoms with Gasteiger partial charge in [0.05, 0.1) is 16.3 Å². The Morgan fingerprint density at radius 3 is 2.47 bits per heavy atom. The van der Waals surface area contributed by atoms with Gasteiger partial charge in [-0.05, 0) is 81.2 Å². The number of fused-ring (bicyclic) bond motifs is 1. The summed E-state index contributed by atoms with van der Waals surface area (Å²) in [6.45, 7) is 1.68. The number of benzene rings is 4. The molecule has 0 atom stereocenters. The zero-order chi connectivity index (χ0) is 23.9. The lowest BCUT2D eigenvalue weighted by Crippen LogP contribution is -2.24. The lowest BCUT2D eigenvalue weighted by atomic mass is 10.1. The van der Waals surface area contributed by atoms with Gasteiger partial charge < -0.3 is 9.47 Å². The second-order valence-corrected chi connectivity index (χ2v) is 8.25. The van der Waals surface area contributed by atoms with Gasteiger partial charge in [-0.1, -0.05) is 48.5 Å². The Hall–Kier alpha value is -3.97. The molecule has 0 heterocycles. The maximum atomic E-state index is 12.3. The van der Waals surface area contributed by atoms with E-state index in [9.17, 15) is 9.59 Å². The zero-order valence-corrected chi connectivity index (χ0v) is 19.9. The zero-order valence-electron chi connectivity index (χ0n) is 18.3. The quantitative estimate of drug-likeness (QED) is 0.149. The Kier molecular flexibility index (Phi) is 7.34. The number of hydrazone groups is 1. The topological polar surface area (TPSA) is 77.0 Å². The summed E-state index contributed by atoms with van der Waals surface area (Å²) in [7, 11) is 0. The van der Waals surface area contributed by atoms with Crippen molar-refractivity contribution in [3.8, 4) is 11.5 Å². The van der Waals surface area contributed by atoms with E-state index < -0.39 is 5.97 Å². The van der Waals surface area contributed by atoms with Crippen LogP contribution in [0.4, 0.5) is 0 Å². The van der Waals surface area contributed by atoms with E-state index in [1.165, 1.54) is 6.21 Å². The van der Waals surface area contributed by atoms with E-state index in [1.807, 2.05) is 55.5 Å². The Morgan fingerprint density at radius 2 is 1.68 bits per heavy atom. The van der Waals surface area contributed by atoms with Crippen LogP contribution in [0.15, 0.2) is 94.5 Å². The van der Waals surface area contributed by atoms with E-state index in [2.05, 4.69) is 26.5 Å². The van der Waals surface area contributed by atoms with Gasteiger partial charge in [0.1, 0.15) is 11.5 Å². The molecule has 0 fully saturated rings. The first kappa shape index (κ1) is 23.2. The Balaban J connectivity index is 1.28. The van der Waals surface area contributed by atoms with E-state index in [0.29, 0.717) is 17.1 Å². The largest absolute Gasteiger partial charge is 0.483 e. The molecule has 4 aromatic rings. The molecule has 4 rings (SSSR count). The summed E-state index contributed by atoms with van der Waals surface area (Å²) in [5.74, 6) is 0.197. The second kappa shape index (κ2) is 10.8. The monoisotopic (exact) mass is 516 g/mol. The van der Waals surface area contributed by atoms with Gasteiger partial charge in [-0.2, -0.15) is 5.10 Å². The molecule has 6 nitrogen and oxygen atoms in total. The number of halogens is 1. The fourth-order valence-electron chi connectivity index (χ4n) is 3.27. The molecule has 1 amide bonds. The Morgan fingerprint density at radius 1 is 0.941 bits per heavy atom. The van der Waals surface area contributed by atoms with Crippen molar-refractivity contribution in [1.29, 1.82) is 0 Å². The minimum atomic E-state index is -0.412. The molecule has 1 N–H and O–H groups in total. The van der Waals surface area contributed by atoms with Crippen molar-refractivity contribution in [2.24, 2.45) is 5.10 Å². The van der Waals surface area contributed by atoms with Crippen LogP contribution < -0.4 is 14.9 Å². The maximum Gasteiger partial charge on any atom is 0.343 e. The summed E-state index contributed by atoms with van der Waals surface area (Å²) in [6, 6.07) is 25.7. The fourth-order valence-corrected chi connectivity index (χ4v) is 3.87. The predicted molar refractivity (Wildman–Crippen MR) is 135 cm³/mol. The van der Waals surface area contributed by atoms with Crippen LogP contribution >= 0.6 is 15.9 Å². The lowest BCUT2D eigenvalue weighted by Gasteiger charge is -2.09. The summed E-state index contributed by atoms with van der Waals surface area (Å²) in [6.07, 6.45) is 1.50. The molecule has 0 saturated heterocycles. The van der Waals surface area contributed by atoms with Gasteiger partial charge in [-0.15, -0.1) is 0 Å². The third-order valence-electron chi connectivity index (χ3n) is 5.05. The van der Waals surface area contributed by atoms with Crippen molar-refractivity contribution in [2.75, 3.05) is 6.61 Å². The molecular formula is C27H21BrN2O4. The highest BCUT2D eigenvalue weighted by atomic mass is 79.9. The molecule has 170 valence electrons. The summed E-state index contributed by atoms with van der Waals surface area (Å²) >= 11 is 3.53. The number of rotatable bonds is 7. The van der Waals surface area contributed by atoms with E-state index in [0.717, 1.165) is 26.4 Å². The average molecular weight is 517 g/mol. The van der Waals surface area contributed by atoms with Gasteiger partial charge in [0.15, 0.2) is 6.61 Å². The highest BCUT2D eigenvalue weighted by molar-refractivity contribution is 9.10. The van der Waals surface area contributed by atoms with Crippen molar-refractivity contribution in [1.82, 2.24) is 5.43 Å². The number of ether oxygens (including phenoxy) is 2. The standard InChI is InChI=1S/C27H21BrN2O4/c1-18-6-2-4-8-22(18)27(32)34-21-13-10-19(11-14-21)16-29-30-25(31)17-33-24-15-12-20-7-3-5-9-23(20)26(24)28/h2-16H,17H2,1H3,(H,30,31)/b29-16-. The summed E-state index contributed by atoms with van der Waals surface area (Å²) < 4.78 is 11.8. The SMILES string of the molecule is Cc1ccccc1C(=O)Oc1ccc(/C=N\NC(=O)COc2ccc3ccccc3c2Br)cc1. The third kappa shape index (κ3) is 5.68. The Bertz CT molecular complexity index is 1370. The first-order chi connectivity index (χ1) is 16.5. The lowest BCUT2D eigenvalue weighted by molar-refractivity contribution is -0.123.